The summed E-state index contributed by atoms with van der Waals surface area (Å²) in [4.78, 5) is 27.7. The second-order valence-corrected chi connectivity index (χ2v) is 6.09. The zero-order chi connectivity index (χ0) is 17.3. The fourth-order valence-corrected chi connectivity index (χ4v) is 2.33. The Balaban J connectivity index is 1.71. The minimum Gasteiger partial charge on any atom is -0.343 e. The summed E-state index contributed by atoms with van der Waals surface area (Å²) in [6.45, 7) is -0.238. The molecule has 0 saturated heterocycles. The quantitative estimate of drug-likeness (QED) is 0.851. The molecule has 0 aromatic carbocycles. The van der Waals surface area contributed by atoms with Crippen molar-refractivity contribution in [3.8, 4) is 0 Å². The van der Waals surface area contributed by atoms with Gasteiger partial charge in [-0.05, 0) is 34.8 Å². The van der Waals surface area contributed by atoms with Gasteiger partial charge in [0, 0.05) is 18.3 Å². The number of amides is 1. The normalized spacial score (nSPS) is 14.5. The van der Waals surface area contributed by atoms with E-state index < -0.39 is 17.8 Å². The SMILES string of the molecule is O=C(NCc1nccc(C(F)(F)F)n1)c1nc(C2CC2)ncc1Br. The minimum absolute atomic E-state index is 0.134. The number of carbonyl (C=O) groups excluding carboxylic acids is 1. The van der Waals surface area contributed by atoms with Gasteiger partial charge in [-0.25, -0.2) is 19.9 Å². The topological polar surface area (TPSA) is 80.7 Å². The second kappa shape index (κ2) is 6.42. The van der Waals surface area contributed by atoms with E-state index >= 15 is 0 Å². The Morgan fingerprint density at radius 1 is 1.29 bits per heavy atom. The second-order valence-electron chi connectivity index (χ2n) is 5.24. The van der Waals surface area contributed by atoms with Crippen LogP contribution in [0.15, 0.2) is 22.9 Å². The van der Waals surface area contributed by atoms with Gasteiger partial charge in [0.25, 0.3) is 5.91 Å². The first-order valence-corrected chi connectivity index (χ1v) is 7.83. The Kier molecular flexibility index (Phi) is 4.48. The number of hydrogen-bond donors (Lipinski definition) is 1. The summed E-state index contributed by atoms with van der Waals surface area (Å²) in [5.41, 5.74) is -0.917. The van der Waals surface area contributed by atoms with Gasteiger partial charge >= 0.3 is 6.18 Å². The van der Waals surface area contributed by atoms with Crippen molar-refractivity contribution in [2.75, 3.05) is 0 Å². The molecule has 6 nitrogen and oxygen atoms in total. The van der Waals surface area contributed by atoms with Crippen LogP contribution in [0.25, 0.3) is 0 Å². The number of nitrogens with one attached hydrogen (secondary N) is 1. The van der Waals surface area contributed by atoms with Crippen molar-refractivity contribution in [3.05, 3.63) is 46.0 Å². The number of aromatic nitrogens is 4. The molecule has 2 aromatic heterocycles. The number of carbonyl (C=O) groups is 1. The fourth-order valence-electron chi connectivity index (χ4n) is 1.96. The molecule has 0 aliphatic heterocycles. The van der Waals surface area contributed by atoms with Crippen molar-refractivity contribution in [2.45, 2.75) is 31.5 Å². The minimum atomic E-state index is -4.56. The van der Waals surface area contributed by atoms with Gasteiger partial charge < -0.3 is 5.32 Å². The number of nitrogens with zero attached hydrogens (tertiary/aromatic N) is 4. The maximum absolute atomic E-state index is 12.6. The summed E-state index contributed by atoms with van der Waals surface area (Å²) < 4.78 is 38.2. The lowest BCUT2D eigenvalue weighted by Gasteiger charge is -2.09. The van der Waals surface area contributed by atoms with Gasteiger partial charge in [-0.3, -0.25) is 4.79 Å². The average Bonchev–Trinajstić information content (AvgIpc) is 3.37. The molecule has 0 atom stereocenters. The van der Waals surface area contributed by atoms with Gasteiger partial charge in [-0.1, -0.05) is 0 Å². The van der Waals surface area contributed by atoms with Crippen molar-refractivity contribution in [2.24, 2.45) is 0 Å². The largest absolute Gasteiger partial charge is 0.433 e. The van der Waals surface area contributed by atoms with Crippen LogP contribution in [0.4, 0.5) is 13.2 Å². The highest BCUT2D eigenvalue weighted by Crippen LogP contribution is 2.38. The predicted octanol–water partition coefficient (Wildman–Crippen LogP) is 2.86. The van der Waals surface area contributed by atoms with Crippen molar-refractivity contribution in [3.63, 3.8) is 0 Å². The lowest BCUT2D eigenvalue weighted by Crippen LogP contribution is -2.26. The van der Waals surface area contributed by atoms with E-state index in [1.54, 1.807) is 0 Å². The Labute approximate surface area is 143 Å². The fraction of sp³-hybridized carbons (Fsp3) is 0.357. The third-order valence-electron chi connectivity index (χ3n) is 3.32. The van der Waals surface area contributed by atoms with Gasteiger partial charge in [0.1, 0.15) is 23.0 Å². The van der Waals surface area contributed by atoms with E-state index in [0.29, 0.717) is 10.3 Å². The van der Waals surface area contributed by atoms with Crippen molar-refractivity contribution in [1.29, 1.82) is 0 Å². The highest BCUT2D eigenvalue weighted by atomic mass is 79.9. The molecule has 1 aliphatic carbocycles. The summed E-state index contributed by atoms with van der Waals surface area (Å²) in [6, 6.07) is 0.772. The first-order chi connectivity index (χ1) is 11.3. The molecular formula is C14H11BrF3N5O. The Morgan fingerprint density at radius 2 is 2.04 bits per heavy atom. The van der Waals surface area contributed by atoms with Crippen LogP contribution in [0.1, 0.15) is 46.6 Å². The average molecular weight is 402 g/mol. The third-order valence-corrected chi connectivity index (χ3v) is 3.90. The molecule has 3 rings (SSSR count). The molecule has 2 heterocycles. The molecule has 0 bridgehead atoms. The number of alkyl halides is 3. The molecule has 1 fully saturated rings. The van der Waals surface area contributed by atoms with E-state index in [1.807, 2.05) is 0 Å². The summed E-state index contributed by atoms with van der Waals surface area (Å²) in [5.74, 6) is 0.202. The van der Waals surface area contributed by atoms with Crippen LogP contribution >= 0.6 is 15.9 Å². The summed E-state index contributed by atoms with van der Waals surface area (Å²) in [7, 11) is 0. The predicted molar refractivity (Wildman–Crippen MR) is 79.9 cm³/mol. The molecule has 0 spiro atoms. The van der Waals surface area contributed by atoms with Crippen LogP contribution < -0.4 is 5.32 Å². The molecule has 1 aliphatic rings. The smallest absolute Gasteiger partial charge is 0.343 e. The standard InChI is InChI=1S/C14H11BrF3N5O/c15-8-5-20-12(7-1-2-7)23-11(8)13(24)21-6-10-19-4-3-9(22-10)14(16,17)18/h3-5,7H,1-2,6H2,(H,21,24). The van der Waals surface area contributed by atoms with Gasteiger partial charge in [0.05, 0.1) is 11.0 Å². The van der Waals surface area contributed by atoms with E-state index in [9.17, 15) is 18.0 Å². The lowest BCUT2D eigenvalue weighted by molar-refractivity contribution is -0.141. The van der Waals surface area contributed by atoms with Crippen LogP contribution in [-0.4, -0.2) is 25.8 Å². The highest BCUT2D eigenvalue weighted by molar-refractivity contribution is 9.10. The molecule has 0 radical (unpaired) electrons. The zero-order valence-corrected chi connectivity index (χ0v) is 13.7. The van der Waals surface area contributed by atoms with Crippen LogP contribution in [0, 0.1) is 0 Å². The molecule has 1 amide bonds. The van der Waals surface area contributed by atoms with Gasteiger partial charge in [0.2, 0.25) is 0 Å². The molecule has 126 valence electrons. The molecule has 2 aromatic rings. The molecule has 1 saturated carbocycles. The highest BCUT2D eigenvalue weighted by Gasteiger charge is 2.32. The van der Waals surface area contributed by atoms with Gasteiger partial charge in [0.15, 0.2) is 0 Å². The molecule has 0 unspecified atom stereocenters. The van der Waals surface area contributed by atoms with E-state index in [1.165, 1.54) is 6.20 Å². The molecular weight excluding hydrogens is 391 g/mol. The summed E-state index contributed by atoms with van der Waals surface area (Å²) in [6.07, 6.45) is -0.0858. The lowest BCUT2D eigenvalue weighted by atomic mass is 10.3. The maximum Gasteiger partial charge on any atom is 0.433 e. The monoisotopic (exact) mass is 401 g/mol. The van der Waals surface area contributed by atoms with E-state index in [4.69, 9.17) is 0 Å². The summed E-state index contributed by atoms with van der Waals surface area (Å²) in [5, 5.41) is 2.47. The van der Waals surface area contributed by atoms with Crippen molar-refractivity contribution < 1.29 is 18.0 Å². The number of hydrogen-bond acceptors (Lipinski definition) is 5. The molecule has 1 N–H and O–H groups in total. The first kappa shape index (κ1) is 16.7. The van der Waals surface area contributed by atoms with Gasteiger partial charge in [-0.15, -0.1) is 0 Å². The van der Waals surface area contributed by atoms with Crippen LogP contribution in [0.2, 0.25) is 0 Å². The molecule has 24 heavy (non-hydrogen) atoms. The van der Waals surface area contributed by atoms with E-state index in [2.05, 4.69) is 41.2 Å². The van der Waals surface area contributed by atoms with Crippen LogP contribution in [-0.2, 0) is 12.7 Å². The van der Waals surface area contributed by atoms with Crippen LogP contribution in [0.3, 0.4) is 0 Å². The third kappa shape index (κ3) is 3.86. The Bertz CT molecular complexity index is 779. The van der Waals surface area contributed by atoms with E-state index in [-0.39, 0.29) is 24.0 Å². The van der Waals surface area contributed by atoms with Crippen molar-refractivity contribution in [1.82, 2.24) is 25.3 Å². The molecule has 10 heteroatoms. The Morgan fingerprint density at radius 3 is 2.71 bits per heavy atom. The van der Waals surface area contributed by atoms with Gasteiger partial charge in [-0.2, -0.15) is 13.2 Å². The van der Waals surface area contributed by atoms with E-state index in [0.717, 1.165) is 25.1 Å². The van der Waals surface area contributed by atoms with Crippen LogP contribution in [0.5, 0.6) is 0 Å². The number of rotatable bonds is 4. The Hall–Kier alpha value is -2.10. The van der Waals surface area contributed by atoms with Crippen molar-refractivity contribution >= 4 is 21.8 Å². The first-order valence-electron chi connectivity index (χ1n) is 7.04. The number of halogens is 4. The zero-order valence-electron chi connectivity index (χ0n) is 12.1. The summed E-state index contributed by atoms with van der Waals surface area (Å²) >= 11 is 3.20. The maximum atomic E-state index is 12.6.